The monoisotopic (exact) mass is 409 g/mol. The standard InChI is InChI=1S/C18H25Cl2N7/c1-3-21-18(23-6-5-22-17-16(20)8-15(19)10-24-17)27-7-4-13(12-27)14-9-25-26(2)11-14/h8-11,13H,3-7,12H2,1-2H3,(H,21,23)(H,22,24). The minimum atomic E-state index is 0.498. The fourth-order valence-corrected chi connectivity index (χ4v) is 3.63. The van der Waals surface area contributed by atoms with E-state index in [4.69, 9.17) is 28.2 Å². The molecule has 1 aliphatic heterocycles. The van der Waals surface area contributed by atoms with Gasteiger partial charge in [-0.25, -0.2) is 4.98 Å². The molecule has 1 fully saturated rings. The van der Waals surface area contributed by atoms with Crippen LogP contribution >= 0.6 is 23.2 Å². The zero-order valence-electron chi connectivity index (χ0n) is 15.6. The number of aromatic nitrogens is 3. The first-order valence-electron chi connectivity index (χ1n) is 9.13. The third-order valence-corrected chi connectivity index (χ3v) is 4.99. The van der Waals surface area contributed by atoms with Crippen molar-refractivity contribution >= 4 is 35.0 Å². The van der Waals surface area contributed by atoms with Crippen LogP contribution in [0.2, 0.25) is 10.0 Å². The van der Waals surface area contributed by atoms with Gasteiger partial charge >= 0.3 is 0 Å². The van der Waals surface area contributed by atoms with E-state index in [1.807, 2.05) is 17.9 Å². The van der Waals surface area contributed by atoms with Crippen LogP contribution < -0.4 is 10.6 Å². The summed E-state index contributed by atoms with van der Waals surface area (Å²) in [6, 6.07) is 1.68. The third-order valence-electron chi connectivity index (χ3n) is 4.49. The van der Waals surface area contributed by atoms with Gasteiger partial charge in [0, 0.05) is 51.5 Å². The van der Waals surface area contributed by atoms with E-state index < -0.39 is 0 Å². The van der Waals surface area contributed by atoms with Crippen LogP contribution in [0.5, 0.6) is 0 Å². The number of halogens is 2. The number of nitrogens with one attached hydrogen (secondary N) is 2. The molecular weight excluding hydrogens is 385 g/mol. The smallest absolute Gasteiger partial charge is 0.193 e. The van der Waals surface area contributed by atoms with E-state index in [9.17, 15) is 0 Å². The fraction of sp³-hybridized carbons (Fsp3) is 0.500. The van der Waals surface area contributed by atoms with Crippen LogP contribution in [0.4, 0.5) is 5.82 Å². The summed E-state index contributed by atoms with van der Waals surface area (Å²) in [5, 5.41) is 11.9. The number of hydrogen-bond acceptors (Lipinski definition) is 4. The zero-order valence-corrected chi connectivity index (χ0v) is 17.1. The van der Waals surface area contributed by atoms with Crippen molar-refractivity contribution in [3.8, 4) is 0 Å². The molecule has 27 heavy (non-hydrogen) atoms. The zero-order chi connectivity index (χ0) is 19.2. The van der Waals surface area contributed by atoms with Crippen molar-refractivity contribution in [3.05, 3.63) is 40.3 Å². The van der Waals surface area contributed by atoms with Gasteiger partial charge in [0.25, 0.3) is 0 Å². The lowest BCUT2D eigenvalue weighted by molar-refractivity contribution is 0.486. The Morgan fingerprint density at radius 2 is 2.22 bits per heavy atom. The summed E-state index contributed by atoms with van der Waals surface area (Å²) in [7, 11) is 1.95. The Morgan fingerprint density at radius 1 is 1.37 bits per heavy atom. The predicted octanol–water partition coefficient (Wildman–Crippen LogP) is 2.99. The van der Waals surface area contributed by atoms with Crippen molar-refractivity contribution in [1.29, 1.82) is 0 Å². The van der Waals surface area contributed by atoms with E-state index in [1.54, 1.807) is 12.3 Å². The quantitative estimate of drug-likeness (QED) is 0.435. The van der Waals surface area contributed by atoms with Gasteiger partial charge in [0.15, 0.2) is 5.96 Å². The minimum absolute atomic E-state index is 0.498. The lowest BCUT2D eigenvalue weighted by Gasteiger charge is -2.21. The van der Waals surface area contributed by atoms with Gasteiger partial charge in [-0.3, -0.25) is 9.67 Å². The largest absolute Gasteiger partial charge is 0.367 e. The van der Waals surface area contributed by atoms with Crippen molar-refractivity contribution < 1.29 is 0 Å². The number of aryl methyl sites for hydroxylation is 1. The van der Waals surface area contributed by atoms with Crippen molar-refractivity contribution in [2.45, 2.75) is 19.3 Å². The molecule has 9 heteroatoms. The van der Waals surface area contributed by atoms with E-state index >= 15 is 0 Å². The fourth-order valence-electron chi connectivity index (χ4n) is 3.18. The molecule has 1 aliphatic rings. The molecule has 2 aromatic heterocycles. The molecule has 0 amide bonds. The lowest BCUT2D eigenvalue weighted by atomic mass is 10.0. The lowest BCUT2D eigenvalue weighted by Crippen LogP contribution is -2.40. The maximum atomic E-state index is 6.13. The highest BCUT2D eigenvalue weighted by molar-refractivity contribution is 6.35. The molecule has 1 unspecified atom stereocenters. The molecule has 3 heterocycles. The summed E-state index contributed by atoms with van der Waals surface area (Å²) in [5.74, 6) is 2.07. The molecule has 2 aromatic rings. The topological polar surface area (TPSA) is 70.4 Å². The number of guanidine groups is 1. The highest BCUT2D eigenvalue weighted by Gasteiger charge is 2.26. The number of nitrogens with zero attached hydrogens (tertiary/aromatic N) is 5. The first-order valence-corrected chi connectivity index (χ1v) is 9.89. The number of pyridine rings is 1. The highest BCUT2D eigenvalue weighted by Crippen LogP contribution is 2.26. The minimum Gasteiger partial charge on any atom is -0.367 e. The van der Waals surface area contributed by atoms with Gasteiger partial charge in [0.05, 0.1) is 22.8 Å². The number of rotatable bonds is 6. The van der Waals surface area contributed by atoms with Gasteiger partial charge in [-0.05, 0) is 25.0 Å². The predicted molar refractivity (Wildman–Crippen MR) is 111 cm³/mol. The van der Waals surface area contributed by atoms with E-state index in [0.717, 1.165) is 32.0 Å². The molecule has 0 aliphatic carbocycles. The van der Waals surface area contributed by atoms with Gasteiger partial charge < -0.3 is 15.5 Å². The van der Waals surface area contributed by atoms with Crippen LogP contribution in [0, 0.1) is 0 Å². The Labute approximate surface area is 169 Å². The van der Waals surface area contributed by atoms with Crippen molar-refractivity contribution in [2.24, 2.45) is 12.0 Å². The maximum Gasteiger partial charge on any atom is 0.193 e. The molecule has 7 nitrogen and oxygen atoms in total. The first-order chi connectivity index (χ1) is 13.1. The molecule has 3 rings (SSSR count). The van der Waals surface area contributed by atoms with E-state index in [1.165, 1.54) is 5.56 Å². The van der Waals surface area contributed by atoms with E-state index in [-0.39, 0.29) is 0 Å². The molecular formula is C18H25Cl2N7. The van der Waals surface area contributed by atoms with Crippen molar-refractivity contribution in [2.75, 3.05) is 38.0 Å². The summed E-state index contributed by atoms with van der Waals surface area (Å²) < 4.78 is 1.86. The number of anilines is 1. The molecule has 2 N–H and O–H groups in total. The van der Waals surface area contributed by atoms with Gasteiger partial charge in [-0.1, -0.05) is 23.2 Å². The van der Waals surface area contributed by atoms with Crippen LogP contribution in [0.1, 0.15) is 24.8 Å². The second kappa shape index (κ2) is 9.28. The van der Waals surface area contributed by atoms with E-state index in [2.05, 4.69) is 38.7 Å². The summed E-state index contributed by atoms with van der Waals surface area (Å²) in [4.78, 5) is 11.3. The molecule has 1 saturated heterocycles. The van der Waals surface area contributed by atoms with Crippen molar-refractivity contribution in [3.63, 3.8) is 0 Å². The average Bonchev–Trinajstić information content (AvgIpc) is 3.28. The number of hydrogen-bond donors (Lipinski definition) is 2. The molecule has 146 valence electrons. The molecule has 0 aromatic carbocycles. The van der Waals surface area contributed by atoms with Gasteiger partial charge in [-0.15, -0.1) is 0 Å². The molecule has 0 bridgehead atoms. The summed E-state index contributed by atoms with van der Waals surface area (Å²) >= 11 is 12.0. The van der Waals surface area contributed by atoms with Crippen LogP contribution in [-0.2, 0) is 7.05 Å². The Bertz CT molecular complexity index is 790. The Morgan fingerprint density at radius 3 is 2.93 bits per heavy atom. The van der Waals surface area contributed by atoms with Gasteiger partial charge in [-0.2, -0.15) is 5.10 Å². The van der Waals surface area contributed by atoms with Crippen LogP contribution in [0.25, 0.3) is 0 Å². The molecule has 0 saturated carbocycles. The second-order valence-corrected chi connectivity index (χ2v) is 7.37. The van der Waals surface area contributed by atoms with Crippen LogP contribution in [0.3, 0.4) is 0 Å². The second-order valence-electron chi connectivity index (χ2n) is 6.53. The molecule has 1 atom stereocenters. The SMILES string of the molecule is CCNC(=NCCNc1ncc(Cl)cc1Cl)N1CCC(c2cnn(C)c2)C1. The van der Waals surface area contributed by atoms with Crippen molar-refractivity contribution in [1.82, 2.24) is 25.0 Å². The maximum absolute atomic E-state index is 6.13. The van der Waals surface area contributed by atoms with Crippen LogP contribution in [0.15, 0.2) is 29.6 Å². The normalized spacial score (nSPS) is 17.4. The van der Waals surface area contributed by atoms with Gasteiger partial charge in [0.2, 0.25) is 0 Å². The highest BCUT2D eigenvalue weighted by atomic mass is 35.5. The summed E-state index contributed by atoms with van der Waals surface area (Å²) in [6.45, 7) is 6.13. The Kier molecular flexibility index (Phi) is 6.79. The third kappa shape index (κ3) is 5.26. The van der Waals surface area contributed by atoms with E-state index in [0.29, 0.717) is 34.9 Å². The average molecular weight is 410 g/mol. The number of likely N-dealkylation sites (tertiary alicyclic amines) is 1. The Balaban J connectivity index is 1.55. The van der Waals surface area contributed by atoms with Crippen LogP contribution in [-0.4, -0.2) is 58.3 Å². The Hall–Kier alpha value is -1.99. The molecule has 0 spiro atoms. The number of aliphatic imine (C=N–C) groups is 1. The molecule has 0 radical (unpaired) electrons. The summed E-state index contributed by atoms with van der Waals surface area (Å²) in [6.07, 6.45) is 6.75. The van der Waals surface area contributed by atoms with Gasteiger partial charge in [0.1, 0.15) is 5.82 Å². The first kappa shape index (κ1) is 19.8. The summed E-state index contributed by atoms with van der Waals surface area (Å²) in [5.41, 5.74) is 1.29.